The fourth-order valence-corrected chi connectivity index (χ4v) is 3.47. The van der Waals surface area contributed by atoms with E-state index in [0.29, 0.717) is 6.54 Å². The Hall–Kier alpha value is -1.81. The van der Waals surface area contributed by atoms with Crippen LogP contribution in [-0.4, -0.2) is 23.0 Å². The zero-order valence-corrected chi connectivity index (χ0v) is 13.2. The van der Waals surface area contributed by atoms with Crippen LogP contribution in [0.4, 0.5) is 0 Å². The van der Waals surface area contributed by atoms with Crippen molar-refractivity contribution < 1.29 is 4.79 Å². The number of aryl methyl sites for hydroxylation is 1. The van der Waals surface area contributed by atoms with Crippen molar-refractivity contribution in [3.05, 3.63) is 35.5 Å². The Morgan fingerprint density at radius 2 is 2.09 bits per heavy atom. The van der Waals surface area contributed by atoms with Gasteiger partial charge in [-0.05, 0) is 37.3 Å². The van der Waals surface area contributed by atoms with E-state index in [1.54, 1.807) is 0 Å². The number of carbonyl (C=O) groups is 1. The van der Waals surface area contributed by atoms with Crippen LogP contribution < -0.4 is 11.1 Å². The Bertz CT molecular complexity index is 668. The van der Waals surface area contributed by atoms with Gasteiger partial charge in [0.25, 0.3) is 0 Å². The molecule has 0 bridgehead atoms. The van der Waals surface area contributed by atoms with E-state index in [4.69, 9.17) is 5.73 Å². The zero-order chi connectivity index (χ0) is 15.6. The SMILES string of the molecule is Cc1cccc2c(CCNC(=O)C3(N)CCCCC3)c[nH]c12. The molecule has 1 aromatic carbocycles. The number of aromatic amines is 1. The van der Waals surface area contributed by atoms with Crippen molar-refractivity contribution in [2.75, 3.05) is 6.54 Å². The number of benzene rings is 1. The molecule has 1 amide bonds. The minimum Gasteiger partial charge on any atom is -0.361 e. The smallest absolute Gasteiger partial charge is 0.240 e. The molecule has 0 radical (unpaired) electrons. The van der Waals surface area contributed by atoms with Crippen LogP contribution >= 0.6 is 0 Å². The van der Waals surface area contributed by atoms with Crippen LogP contribution in [0.5, 0.6) is 0 Å². The predicted molar refractivity (Wildman–Crippen MR) is 89.8 cm³/mol. The monoisotopic (exact) mass is 299 g/mol. The Balaban J connectivity index is 1.60. The number of nitrogens with one attached hydrogen (secondary N) is 2. The quantitative estimate of drug-likeness (QED) is 0.812. The largest absolute Gasteiger partial charge is 0.361 e. The molecular weight excluding hydrogens is 274 g/mol. The lowest BCUT2D eigenvalue weighted by atomic mass is 9.82. The minimum atomic E-state index is -0.644. The summed E-state index contributed by atoms with van der Waals surface area (Å²) in [5.41, 5.74) is 9.29. The fraction of sp³-hybridized carbons (Fsp3) is 0.500. The van der Waals surface area contributed by atoms with Gasteiger partial charge in [0.1, 0.15) is 0 Å². The van der Waals surface area contributed by atoms with Crippen LogP contribution in [0.15, 0.2) is 24.4 Å². The van der Waals surface area contributed by atoms with Gasteiger partial charge in [0.05, 0.1) is 5.54 Å². The van der Waals surface area contributed by atoms with Crippen LogP contribution in [0.2, 0.25) is 0 Å². The third-order valence-corrected chi connectivity index (χ3v) is 4.89. The minimum absolute atomic E-state index is 0.0169. The molecule has 0 atom stereocenters. The van der Waals surface area contributed by atoms with Gasteiger partial charge >= 0.3 is 0 Å². The topological polar surface area (TPSA) is 70.9 Å². The van der Waals surface area contributed by atoms with Gasteiger partial charge in [0, 0.05) is 23.6 Å². The molecule has 22 heavy (non-hydrogen) atoms. The highest BCUT2D eigenvalue weighted by Crippen LogP contribution is 2.26. The molecule has 3 rings (SSSR count). The first-order valence-corrected chi connectivity index (χ1v) is 8.23. The summed E-state index contributed by atoms with van der Waals surface area (Å²) >= 11 is 0. The number of carbonyl (C=O) groups excluding carboxylic acids is 1. The summed E-state index contributed by atoms with van der Waals surface area (Å²) < 4.78 is 0. The van der Waals surface area contributed by atoms with Gasteiger partial charge in [0.15, 0.2) is 0 Å². The summed E-state index contributed by atoms with van der Waals surface area (Å²) in [5, 5.41) is 4.28. The van der Waals surface area contributed by atoms with Crippen LogP contribution in [0.3, 0.4) is 0 Å². The van der Waals surface area contributed by atoms with Gasteiger partial charge in [-0.25, -0.2) is 0 Å². The summed E-state index contributed by atoms with van der Waals surface area (Å²) in [5.74, 6) is 0.0169. The summed E-state index contributed by atoms with van der Waals surface area (Å²) in [6, 6.07) is 6.30. The molecule has 2 aromatic rings. The van der Waals surface area contributed by atoms with Gasteiger partial charge in [-0.3, -0.25) is 4.79 Å². The molecule has 118 valence electrons. The first-order valence-electron chi connectivity index (χ1n) is 8.23. The summed E-state index contributed by atoms with van der Waals surface area (Å²) in [4.78, 5) is 15.7. The molecule has 1 saturated carbocycles. The summed E-state index contributed by atoms with van der Waals surface area (Å²) in [6.07, 6.45) is 7.81. The lowest BCUT2D eigenvalue weighted by Crippen LogP contribution is -2.55. The first kappa shape index (κ1) is 15.1. The van der Waals surface area contributed by atoms with Crippen molar-refractivity contribution >= 4 is 16.8 Å². The Morgan fingerprint density at radius 3 is 2.86 bits per heavy atom. The highest BCUT2D eigenvalue weighted by atomic mass is 16.2. The maximum absolute atomic E-state index is 12.3. The van der Waals surface area contributed by atoms with Gasteiger partial charge < -0.3 is 16.0 Å². The number of para-hydroxylation sites is 1. The van der Waals surface area contributed by atoms with Gasteiger partial charge in [-0.15, -0.1) is 0 Å². The maximum atomic E-state index is 12.3. The van der Waals surface area contributed by atoms with E-state index in [1.807, 2.05) is 6.20 Å². The summed E-state index contributed by atoms with van der Waals surface area (Å²) in [6.45, 7) is 2.74. The highest BCUT2D eigenvalue weighted by molar-refractivity contribution is 5.87. The van der Waals surface area contributed by atoms with Crippen molar-refractivity contribution in [3.63, 3.8) is 0 Å². The molecule has 0 spiro atoms. The van der Waals surface area contributed by atoms with Crippen molar-refractivity contribution in [2.45, 2.75) is 51.0 Å². The molecule has 1 aliphatic rings. The average Bonchev–Trinajstić information content (AvgIpc) is 2.93. The van der Waals surface area contributed by atoms with Crippen molar-refractivity contribution in [1.82, 2.24) is 10.3 Å². The first-order chi connectivity index (χ1) is 10.6. The normalized spacial score (nSPS) is 17.5. The van der Waals surface area contributed by atoms with Crippen LogP contribution in [0, 0.1) is 6.92 Å². The lowest BCUT2D eigenvalue weighted by molar-refractivity contribution is -0.127. The Morgan fingerprint density at radius 1 is 1.32 bits per heavy atom. The van der Waals surface area contributed by atoms with E-state index in [1.165, 1.54) is 28.5 Å². The molecule has 1 fully saturated rings. The van der Waals surface area contributed by atoms with Crippen LogP contribution in [0.1, 0.15) is 43.2 Å². The van der Waals surface area contributed by atoms with E-state index in [-0.39, 0.29) is 5.91 Å². The van der Waals surface area contributed by atoms with Crippen molar-refractivity contribution in [3.8, 4) is 0 Å². The number of aromatic nitrogens is 1. The third-order valence-electron chi connectivity index (χ3n) is 4.89. The molecule has 0 unspecified atom stereocenters. The second-order valence-electron chi connectivity index (χ2n) is 6.53. The Labute approximate surface area is 131 Å². The molecule has 1 heterocycles. The number of hydrogen-bond donors (Lipinski definition) is 3. The van der Waals surface area contributed by atoms with E-state index in [2.05, 4.69) is 35.4 Å². The molecule has 0 saturated heterocycles. The maximum Gasteiger partial charge on any atom is 0.240 e. The van der Waals surface area contributed by atoms with Crippen molar-refractivity contribution in [1.29, 1.82) is 0 Å². The van der Waals surface area contributed by atoms with E-state index >= 15 is 0 Å². The zero-order valence-electron chi connectivity index (χ0n) is 13.2. The summed E-state index contributed by atoms with van der Waals surface area (Å²) in [7, 11) is 0. The number of nitrogens with two attached hydrogens (primary N) is 1. The van der Waals surface area contributed by atoms with Crippen LogP contribution in [0.25, 0.3) is 10.9 Å². The van der Waals surface area contributed by atoms with Gasteiger partial charge in [0.2, 0.25) is 5.91 Å². The van der Waals surface area contributed by atoms with Gasteiger partial charge in [-0.2, -0.15) is 0 Å². The molecule has 1 aliphatic carbocycles. The number of amides is 1. The Kier molecular flexibility index (Phi) is 4.21. The number of H-pyrrole nitrogens is 1. The molecule has 4 N–H and O–H groups in total. The predicted octanol–water partition coefficient (Wildman–Crippen LogP) is 2.80. The average molecular weight is 299 g/mol. The second kappa shape index (κ2) is 6.13. The lowest BCUT2D eigenvalue weighted by Gasteiger charge is -2.31. The molecule has 4 heteroatoms. The standard InChI is InChI=1S/C18H25N3O/c1-13-6-5-7-15-14(12-21-16(13)15)8-11-20-17(22)18(19)9-3-2-4-10-18/h5-7,12,21H,2-4,8-11,19H2,1H3,(H,20,22). The number of hydrogen-bond acceptors (Lipinski definition) is 2. The number of rotatable bonds is 4. The van der Waals surface area contributed by atoms with E-state index < -0.39 is 5.54 Å². The second-order valence-corrected chi connectivity index (χ2v) is 6.53. The highest BCUT2D eigenvalue weighted by Gasteiger charge is 2.34. The third kappa shape index (κ3) is 2.88. The van der Waals surface area contributed by atoms with E-state index in [0.717, 1.165) is 32.1 Å². The molecular formula is C18H25N3O. The van der Waals surface area contributed by atoms with Crippen LogP contribution in [-0.2, 0) is 11.2 Å². The van der Waals surface area contributed by atoms with Crippen molar-refractivity contribution in [2.24, 2.45) is 5.73 Å². The fourth-order valence-electron chi connectivity index (χ4n) is 3.47. The molecule has 4 nitrogen and oxygen atoms in total. The molecule has 0 aliphatic heterocycles. The van der Waals surface area contributed by atoms with Gasteiger partial charge in [-0.1, -0.05) is 37.5 Å². The van der Waals surface area contributed by atoms with E-state index in [9.17, 15) is 4.79 Å². The number of fused-ring (bicyclic) bond motifs is 1. The molecule has 1 aromatic heterocycles.